The van der Waals surface area contributed by atoms with Crippen LogP contribution >= 0.6 is 0 Å². The molecule has 0 saturated heterocycles. The van der Waals surface area contributed by atoms with Crippen LogP contribution in [0.2, 0.25) is 0 Å². The number of ether oxygens (including phenoxy) is 3. The van der Waals surface area contributed by atoms with Gasteiger partial charge in [0.2, 0.25) is 11.7 Å². The highest BCUT2D eigenvalue weighted by atomic mass is 16.5. The number of fused-ring (bicyclic) bond motifs is 1. The van der Waals surface area contributed by atoms with Gasteiger partial charge < -0.3 is 30.0 Å². The van der Waals surface area contributed by atoms with Crippen LogP contribution in [0.1, 0.15) is 24.0 Å². The Morgan fingerprint density at radius 2 is 1.93 bits per heavy atom. The maximum atomic E-state index is 11.5. The van der Waals surface area contributed by atoms with Crippen molar-refractivity contribution in [1.29, 1.82) is 0 Å². The Labute approximate surface area is 171 Å². The molecule has 0 fully saturated rings. The predicted molar refractivity (Wildman–Crippen MR) is 111 cm³/mol. The van der Waals surface area contributed by atoms with E-state index in [9.17, 15) is 9.90 Å². The van der Waals surface area contributed by atoms with Crippen LogP contribution < -0.4 is 24.8 Å². The highest BCUT2D eigenvalue weighted by Crippen LogP contribution is 2.38. The summed E-state index contributed by atoms with van der Waals surface area (Å²) in [7, 11) is 3.05. The van der Waals surface area contributed by atoms with Gasteiger partial charge >= 0.3 is 0 Å². The molecule has 0 aliphatic carbocycles. The molecule has 2 aromatic rings. The summed E-state index contributed by atoms with van der Waals surface area (Å²) in [6.07, 6.45) is 2.75. The fourth-order valence-electron chi connectivity index (χ4n) is 3.41. The van der Waals surface area contributed by atoms with Crippen LogP contribution in [0.3, 0.4) is 0 Å². The average molecular weight is 400 g/mol. The molecule has 3 rings (SSSR count). The number of aromatic hydroxyl groups is 1. The van der Waals surface area contributed by atoms with Gasteiger partial charge in [0.15, 0.2) is 11.5 Å². The molecule has 29 heavy (non-hydrogen) atoms. The zero-order valence-electron chi connectivity index (χ0n) is 16.9. The Bertz CT molecular complexity index is 853. The SMILES string of the molecule is COc1ccc(CCNCCCOc2cccc3c2CCC(=O)N3)c(O)c1OC. The van der Waals surface area contributed by atoms with Gasteiger partial charge in [0.25, 0.3) is 0 Å². The van der Waals surface area contributed by atoms with E-state index < -0.39 is 0 Å². The van der Waals surface area contributed by atoms with Gasteiger partial charge in [-0.05, 0) is 56.1 Å². The highest BCUT2D eigenvalue weighted by Gasteiger charge is 2.18. The Morgan fingerprint density at radius 1 is 1.07 bits per heavy atom. The normalized spacial score (nSPS) is 12.8. The zero-order chi connectivity index (χ0) is 20.6. The Hall–Kier alpha value is -2.93. The number of anilines is 1. The summed E-state index contributed by atoms with van der Waals surface area (Å²) in [6, 6.07) is 9.39. The minimum Gasteiger partial charge on any atom is -0.504 e. The molecule has 7 heteroatoms. The molecule has 2 aromatic carbocycles. The van der Waals surface area contributed by atoms with Gasteiger partial charge in [0, 0.05) is 17.7 Å². The lowest BCUT2D eigenvalue weighted by atomic mass is 10.0. The lowest BCUT2D eigenvalue weighted by Crippen LogP contribution is -2.21. The summed E-state index contributed by atoms with van der Waals surface area (Å²) in [5, 5.41) is 16.5. The monoisotopic (exact) mass is 400 g/mol. The summed E-state index contributed by atoms with van der Waals surface area (Å²) in [5.41, 5.74) is 2.74. The summed E-state index contributed by atoms with van der Waals surface area (Å²) in [4.78, 5) is 11.5. The van der Waals surface area contributed by atoms with Gasteiger partial charge in [-0.2, -0.15) is 0 Å². The third-order valence-electron chi connectivity index (χ3n) is 4.94. The molecule has 0 atom stereocenters. The van der Waals surface area contributed by atoms with E-state index in [2.05, 4.69) is 10.6 Å². The zero-order valence-corrected chi connectivity index (χ0v) is 16.9. The van der Waals surface area contributed by atoms with Crippen LogP contribution in [-0.2, 0) is 17.6 Å². The second-order valence-corrected chi connectivity index (χ2v) is 6.84. The molecule has 0 radical (unpaired) electrons. The molecular weight excluding hydrogens is 372 g/mol. The Kier molecular flexibility index (Phi) is 7.19. The van der Waals surface area contributed by atoms with Gasteiger partial charge in [-0.25, -0.2) is 0 Å². The Morgan fingerprint density at radius 3 is 2.72 bits per heavy atom. The second-order valence-electron chi connectivity index (χ2n) is 6.84. The molecule has 0 bridgehead atoms. The Balaban J connectivity index is 1.39. The first-order chi connectivity index (χ1) is 14.1. The molecule has 1 aliphatic heterocycles. The van der Waals surface area contributed by atoms with Crippen molar-refractivity contribution in [3.63, 3.8) is 0 Å². The van der Waals surface area contributed by atoms with Gasteiger partial charge in [-0.3, -0.25) is 4.79 Å². The maximum absolute atomic E-state index is 11.5. The summed E-state index contributed by atoms with van der Waals surface area (Å²) < 4.78 is 16.3. The number of benzene rings is 2. The third kappa shape index (κ3) is 5.12. The number of hydrogen-bond acceptors (Lipinski definition) is 6. The van der Waals surface area contributed by atoms with E-state index in [1.54, 1.807) is 13.2 Å². The number of phenols is 1. The van der Waals surface area contributed by atoms with Crippen molar-refractivity contribution >= 4 is 11.6 Å². The van der Waals surface area contributed by atoms with Gasteiger partial charge in [-0.15, -0.1) is 0 Å². The number of nitrogens with one attached hydrogen (secondary N) is 2. The van der Waals surface area contributed by atoms with E-state index in [0.29, 0.717) is 37.4 Å². The molecule has 1 amide bonds. The van der Waals surface area contributed by atoms with E-state index in [0.717, 1.165) is 42.1 Å². The van der Waals surface area contributed by atoms with Crippen LogP contribution in [-0.4, -0.2) is 44.9 Å². The van der Waals surface area contributed by atoms with Gasteiger partial charge in [0.1, 0.15) is 5.75 Å². The topological polar surface area (TPSA) is 89.1 Å². The first kappa shape index (κ1) is 20.8. The quantitative estimate of drug-likeness (QED) is 0.532. The van der Waals surface area contributed by atoms with E-state index in [-0.39, 0.29) is 11.7 Å². The molecule has 0 unspecified atom stereocenters. The first-order valence-electron chi connectivity index (χ1n) is 9.82. The van der Waals surface area contributed by atoms with E-state index in [1.807, 2.05) is 24.3 Å². The van der Waals surface area contributed by atoms with Crippen molar-refractivity contribution < 1.29 is 24.1 Å². The van der Waals surface area contributed by atoms with Crippen molar-refractivity contribution in [1.82, 2.24) is 5.32 Å². The first-order valence-corrected chi connectivity index (χ1v) is 9.82. The van der Waals surface area contributed by atoms with E-state index in [1.165, 1.54) is 7.11 Å². The van der Waals surface area contributed by atoms with Crippen LogP contribution in [0.4, 0.5) is 5.69 Å². The molecule has 0 saturated carbocycles. The number of hydrogen-bond donors (Lipinski definition) is 3. The van der Waals surface area contributed by atoms with Gasteiger partial charge in [0.05, 0.1) is 20.8 Å². The fourth-order valence-corrected chi connectivity index (χ4v) is 3.41. The summed E-state index contributed by atoms with van der Waals surface area (Å²) >= 11 is 0. The van der Waals surface area contributed by atoms with Crippen molar-refractivity contribution in [2.24, 2.45) is 0 Å². The molecule has 0 spiro atoms. The van der Waals surface area contributed by atoms with Crippen molar-refractivity contribution in [2.75, 3.05) is 39.2 Å². The number of amides is 1. The van der Waals surface area contributed by atoms with Crippen molar-refractivity contribution in [2.45, 2.75) is 25.7 Å². The molecule has 0 aromatic heterocycles. The van der Waals surface area contributed by atoms with Crippen LogP contribution in [0.5, 0.6) is 23.0 Å². The van der Waals surface area contributed by atoms with Crippen molar-refractivity contribution in [3.05, 3.63) is 41.5 Å². The van der Waals surface area contributed by atoms with Crippen LogP contribution in [0.15, 0.2) is 30.3 Å². The number of carbonyl (C=O) groups excluding carboxylic acids is 1. The van der Waals surface area contributed by atoms with E-state index in [4.69, 9.17) is 14.2 Å². The predicted octanol–water partition coefficient (Wildman–Crippen LogP) is 2.90. The average Bonchev–Trinajstić information content (AvgIpc) is 2.73. The van der Waals surface area contributed by atoms with Crippen molar-refractivity contribution in [3.8, 4) is 23.0 Å². The lowest BCUT2D eigenvalue weighted by Gasteiger charge is -2.20. The number of methoxy groups -OCH3 is 2. The maximum Gasteiger partial charge on any atom is 0.224 e. The fraction of sp³-hybridized carbons (Fsp3) is 0.409. The third-order valence-corrected chi connectivity index (χ3v) is 4.94. The van der Waals surface area contributed by atoms with E-state index >= 15 is 0 Å². The molecular formula is C22H28N2O5. The standard InChI is InChI=1S/C22H28N2O5/c1-27-19-9-7-15(21(26)22(19)28-2)11-13-23-12-4-14-29-18-6-3-5-17-16(18)8-10-20(25)24-17/h3,5-7,9,23,26H,4,8,10-14H2,1-2H3,(H,24,25). The highest BCUT2D eigenvalue weighted by molar-refractivity contribution is 5.94. The number of carbonyl (C=O) groups is 1. The largest absolute Gasteiger partial charge is 0.504 e. The second kappa shape index (κ2) is 10.0. The lowest BCUT2D eigenvalue weighted by molar-refractivity contribution is -0.116. The smallest absolute Gasteiger partial charge is 0.224 e. The molecule has 3 N–H and O–H groups in total. The molecule has 7 nitrogen and oxygen atoms in total. The van der Waals surface area contributed by atoms with Crippen LogP contribution in [0, 0.1) is 0 Å². The minimum atomic E-state index is 0.0550. The minimum absolute atomic E-state index is 0.0550. The number of rotatable bonds is 10. The van der Waals surface area contributed by atoms with Crippen LogP contribution in [0.25, 0.3) is 0 Å². The molecule has 1 aliphatic rings. The van der Waals surface area contributed by atoms with Gasteiger partial charge in [-0.1, -0.05) is 12.1 Å². The number of phenolic OH excluding ortho intramolecular Hbond substituents is 1. The molecule has 156 valence electrons. The summed E-state index contributed by atoms with van der Waals surface area (Å²) in [6.45, 7) is 2.13. The molecule has 1 heterocycles. The summed E-state index contributed by atoms with van der Waals surface area (Å²) in [5.74, 6) is 1.90.